The number of aromatic amines is 1. The zero-order valence-electron chi connectivity index (χ0n) is 9.44. The Morgan fingerprint density at radius 1 is 1.56 bits per heavy atom. The highest BCUT2D eigenvalue weighted by molar-refractivity contribution is 5.70. The van der Waals surface area contributed by atoms with Gasteiger partial charge in [-0.15, -0.1) is 0 Å². The second-order valence-corrected chi connectivity index (χ2v) is 4.44. The minimum absolute atomic E-state index is 0.210. The van der Waals surface area contributed by atoms with Crippen molar-refractivity contribution in [3.63, 3.8) is 0 Å². The molecule has 1 saturated carbocycles. The van der Waals surface area contributed by atoms with Gasteiger partial charge < -0.3 is 5.11 Å². The molecule has 2 atom stereocenters. The lowest BCUT2D eigenvalue weighted by atomic mass is 10.0. The lowest BCUT2D eigenvalue weighted by Crippen LogP contribution is -2.09. The molecule has 0 spiro atoms. The Hall–Kier alpha value is -1.39. The monoisotopic (exact) mass is 223 g/mol. The largest absolute Gasteiger partial charge is 0.481 e. The lowest BCUT2D eigenvalue weighted by Gasteiger charge is -2.03. The Balaban J connectivity index is 2.00. The van der Waals surface area contributed by atoms with E-state index < -0.39 is 5.97 Å². The van der Waals surface area contributed by atoms with Crippen LogP contribution in [0.4, 0.5) is 0 Å². The fraction of sp³-hybridized carbons (Fsp3) is 0.727. The lowest BCUT2D eigenvalue weighted by molar-refractivity contribution is -0.141. The second kappa shape index (κ2) is 4.63. The SMILES string of the molecule is CCCc1nc(C2CCC(C(=O)O)C2)n[nH]1. The third-order valence-electron chi connectivity index (χ3n) is 3.18. The molecule has 1 aromatic rings. The summed E-state index contributed by atoms with van der Waals surface area (Å²) in [6.07, 6.45) is 4.26. The van der Waals surface area contributed by atoms with Crippen LogP contribution in [0, 0.1) is 5.92 Å². The number of carbonyl (C=O) groups is 1. The summed E-state index contributed by atoms with van der Waals surface area (Å²) in [7, 11) is 0. The van der Waals surface area contributed by atoms with Gasteiger partial charge in [-0.05, 0) is 25.7 Å². The molecule has 1 fully saturated rings. The van der Waals surface area contributed by atoms with Crippen LogP contribution >= 0.6 is 0 Å². The van der Waals surface area contributed by atoms with Gasteiger partial charge in [0.1, 0.15) is 5.82 Å². The molecule has 2 rings (SSSR count). The molecule has 0 amide bonds. The molecule has 1 aliphatic carbocycles. The fourth-order valence-electron chi connectivity index (χ4n) is 2.28. The number of aryl methyl sites for hydroxylation is 1. The Kier molecular flexibility index (Phi) is 3.22. The maximum atomic E-state index is 10.8. The Morgan fingerprint density at radius 2 is 2.38 bits per heavy atom. The minimum Gasteiger partial charge on any atom is -0.481 e. The van der Waals surface area contributed by atoms with E-state index in [1.807, 2.05) is 0 Å². The topological polar surface area (TPSA) is 78.9 Å². The number of aromatic nitrogens is 3. The van der Waals surface area contributed by atoms with E-state index in [0.717, 1.165) is 37.3 Å². The second-order valence-electron chi connectivity index (χ2n) is 4.44. The summed E-state index contributed by atoms with van der Waals surface area (Å²) >= 11 is 0. The maximum Gasteiger partial charge on any atom is 0.306 e. The van der Waals surface area contributed by atoms with Crippen LogP contribution < -0.4 is 0 Å². The number of nitrogens with zero attached hydrogens (tertiary/aromatic N) is 2. The van der Waals surface area contributed by atoms with E-state index in [4.69, 9.17) is 5.11 Å². The van der Waals surface area contributed by atoms with Gasteiger partial charge >= 0.3 is 5.97 Å². The van der Waals surface area contributed by atoms with Crippen molar-refractivity contribution in [1.82, 2.24) is 15.2 Å². The summed E-state index contributed by atoms with van der Waals surface area (Å²) in [6.45, 7) is 2.10. The predicted octanol–water partition coefficient (Wildman–Crippen LogP) is 1.73. The van der Waals surface area contributed by atoms with Gasteiger partial charge in [-0.2, -0.15) is 5.10 Å². The van der Waals surface area contributed by atoms with Gasteiger partial charge in [-0.25, -0.2) is 4.98 Å². The molecule has 0 aromatic carbocycles. The smallest absolute Gasteiger partial charge is 0.306 e. The summed E-state index contributed by atoms with van der Waals surface area (Å²) in [5, 5.41) is 16.0. The molecule has 5 heteroatoms. The van der Waals surface area contributed by atoms with E-state index in [1.54, 1.807) is 0 Å². The number of aliphatic carboxylic acids is 1. The van der Waals surface area contributed by atoms with Crippen LogP contribution in [0.25, 0.3) is 0 Å². The molecule has 1 heterocycles. The van der Waals surface area contributed by atoms with Gasteiger partial charge in [-0.3, -0.25) is 9.89 Å². The fourth-order valence-corrected chi connectivity index (χ4v) is 2.28. The molecular formula is C11H17N3O2. The van der Waals surface area contributed by atoms with Crippen LogP contribution in [0.3, 0.4) is 0 Å². The minimum atomic E-state index is -0.688. The average molecular weight is 223 g/mol. The van der Waals surface area contributed by atoms with Crippen molar-refractivity contribution in [3.8, 4) is 0 Å². The first-order valence-corrected chi connectivity index (χ1v) is 5.84. The Bertz CT molecular complexity index is 375. The molecule has 88 valence electrons. The third kappa shape index (κ3) is 2.23. The number of hydrogen-bond donors (Lipinski definition) is 2. The van der Waals surface area contributed by atoms with Crippen LogP contribution in [0.2, 0.25) is 0 Å². The Labute approximate surface area is 94.3 Å². The molecule has 1 aliphatic rings. The van der Waals surface area contributed by atoms with E-state index >= 15 is 0 Å². The summed E-state index contributed by atoms with van der Waals surface area (Å²) in [5.41, 5.74) is 0. The van der Waals surface area contributed by atoms with E-state index in [1.165, 1.54) is 0 Å². The number of carboxylic acids is 1. The molecule has 0 saturated heterocycles. The highest BCUT2D eigenvalue weighted by Gasteiger charge is 2.32. The number of carboxylic acid groups (broad SMARTS) is 1. The van der Waals surface area contributed by atoms with Crippen LogP contribution in [0.5, 0.6) is 0 Å². The van der Waals surface area contributed by atoms with Crippen molar-refractivity contribution in [2.24, 2.45) is 5.92 Å². The van der Waals surface area contributed by atoms with Gasteiger partial charge in [0, 0.05) is 12.3 Å². The van der Waals surface area contributed by atoms with Gasteiger partial charge in [0.05, 0.1) is 5.92 Å². The third-order valence-corrected chi connectivity index (χ3v) is 3.18. The standard InChI is InChI=1S/C11H17N3O2/c1-2-3-9-12-10(14-13-9)7-4-5-8(6-7)11(15)16/h7-8H,2-6H2,1H3,(H,15,16)(H,12,13,14). The van der Waals surface area contributed by atoms with E-state index in [2.05, 4.69) is 22.1 Å². The highest BCUT2D eigenvalue weighted by Crippen LogP contribution is 2.36. The van der Waals surface area contributed by atoms with Crippen LogP contribution in [-0.2, 0) is 11.2 Å². The summed E-state index contributed by atoms with van der Waals surface area (Å²) in [5.74, 6) is 1.04. The molecule has 2 unspecified atom stereocenters. The first-order chi connectivity index (χ1) is 7.70. The molecule has 16 heavy (non-hydrogen) atoms. The quantitative estimate of drug-likeness (QED) is 0.814. The van der Waals surface area contributed by atoms with Crippen molar-refractivity contribution in [1.29, 1.82) is 0 Å². The number of H-pyrrole nitrogens is 1. The summed E-state index contributed by atoms with van der Waals surface area (Å²) < 4.78 is 0. The van der Waals surface area contributed by atoms with Crippen LogP contribution in [0.15, 0.2) is 0 Å². The van der Waals surface area contributed by atoms with Gasteiger partial charge in [-0.1, -0.05) is 6.92 Å². The number of hydrogen-bond acceptors (Lipinski definition) is 3. The van der Waals surface area contributed by atoms with Crippen molar-refractivity contribution < 1.29 is 9.90 Å². The van der Waals surface area contributed by atoms with Crippen LogP contribution in [0.1, 0.15) is 50.2 Å². The van der Waals surface area contributed by atoms with Crippen molar-refractivity contribution >= 4 is 5.97 Å². The van der Waals surface area contributed by atoms with Gasteiger partial charge in [0.25, 0.3) is 0 Å². The highest BCUT2D eigenvalue weighted by atomic mass is 16.4. The van der Waals surface area contributed by atoms with E-state index in [-0.39, 0.29) is 11.8 Å². The molecule has 0 aliphatic heterocycles. The summed E-state index contributed by atoms with van der Waals surface area (Å²) in [6, 6.07) is 0. The summed E-state index contributed by atoms with van der Waals surface area (Å²) in [4.78, 5) is 15.3. The number of rotatable bonds is 4. The maximum absolute atomic E-state index is 10.8. The zero-order valence-corrected chi connectivity index (χ0v) is 9.44. The number of nitrogens with one attached hydrogen (secondary N) is 1. The van der Waals surface area contributed by atoms with E-state index in [9.17, 15) is 4.79 Å². The average Bonchev–Trinajstić information content (AvgIpc) is 2.84. The van der Waals surface area contributed by atoms with Gasteiger partial charge in [0.2, 0.25) is 0 Å². The van der Waals surface area contributed by atoms with Gasteiger partial charge in [0.15, 0.2) is 5.82 Å². The Morgan fingerprint density at radius 3 is 3.00 bits per heavy atom. The molecule has 0 bridgehead atoms. The van der Waals surface area contributed by atoms with Crippen molar-refractivity contribution in [2.75, 3.05) is 0 Å². The van der Waals surface area contributed by atoms with E-state index in [0.29, 0.717) is 6.42 Å². The molecular weight excluding hydrogens is 206 g/mol. The molecule has 2 N–H and O–H groups in total. The molecule has 0 radical (unpaired) electrons. The first kappa shape index (κ1) is 11.1. The molecule has 5 nitrogen and oxygen atoms in total. The van der Waals surface area contributed by atoms with Crippen molar-refractivity contribution in [3.05, 3.63) is 11.6 Å². The first-order valence-electron chi connectivity index (χ1n) is 5.84. The van der Waals surface area contributed by atoms with Crippen molar-refractivity contribution in [2.45, 2.75) is 44.9 Å². The normalized spacial score (nSPS) is 24.8. The predicted molar refractivity (Wildman–Crippen MR) is 58.1 cm³/mol. The zero-order chi connectivity index (χ0) is 11.5. The van der Waals surface area contributed by atoms with Crippen LogP contribution in [-0.4, -0.2) is 26.3 Å². The molecule has 1 aromatic heterocycles.